The molecule has 39 heavy (non-hydrogen) atoms. The monoisotopic (exact) mass is 536 g/mol. The van der Waals surface area contributed by atoms with Gasteiger partial charge in [-0.2, -0.15) is 0 Å². The van der Waals surface area contributed by atoms with Gasteiger partial charge in [0, 0.05) is 59.0 Å². The zero-order valence-electron chi connectivity index (χ0n) is 24.7. The first-order valence-electron chi connectivity index (χ1n) is 13.7. The van der Waals surface area contributed by atoms with Crippen molar-refractivity contribution in [2.75, 3.05) is 6.54 Å². The van der Waals surface area contributed by atoms with Crippen molar-refractivity contribution >= 4 is 23.6 Å². The summed E-state index contributed by atoms with van der Waals surface area (Å²) in [4.78, 5) is 54.6. The molecule has 0 bridgehead atoms. The molecule has 1 unspecified atom stereocenters. The van der Waals surface area contributed by atoms with Gasteiger partial charge < -0.3 is 20.4 Å². The Labute approximate surface area is 233 Å². The Balaban J connectivity index is 1.93. The van der Waals surface area contributed by atoms with E-state index in [2.05, 4.69) is 10.6 Å². The van der Waals surface area contributed by atoms with E-state index in [1.807, 2.05) is 55.4 Å². The number of rotatable bonds is 11. The van der Waals surface area contributed by atoms with E-state index in [-0.39, 0.29) is 60.4 Å². The number of nitrogens with one attached hydrogen (secondary N) is 2. The summed E-state index contributed by atoms with van der Waals surface area (Å²) in [6, 6.07) is 13.1. The number of amides is 4. The lowest BCUT2D eigenvalue weighted by molar-refractivity contribution is 0.0634. The second kappa shape index (κ2) is 13.9. The van der Waals surface area contributed by atoms with Gasteiger partial charge in [0.05, 0.1) is 0 Å². The van der Waals surface area contributed by atoms with Crippen molar-refractivity contribution in [2.24, 2.45) is 0 Å². The number of hydrogen-bond donors (Lipinski definition) is 2. The van der Waals surface area contributed by atoms with Gasteiger partial charge in [-0.25, -0.2) is 0 Å². The van der Waals surface area contributed by atoms with Crippen LogP contribution in [-0.2, 0) is 0 Å². The number of carbonyl (C=O) groups is 4. The van der Waals surface area contributed by atoms with Crippen LogP contribution in [0.5, 0.6) is 0 Å². The van der Waals surface area contributed by atoms with Gasteiger partial charge in [-0.05, 0) is 111 Å². The van der Waals surface area contributed by atoms with Crippen LogP contribution in [0.4, 0.5) is 0 Å². The van der Waals surface area contributed by atoms with Gasteiger partial charge in [0.2, 0.25) is 0 Å². The molecule has 2 N–H and O–H groups in total. The molecule has 0 radical (unpaired) electrons. The van der Waals surface area contributed by atoms with Gasteiger partial charge in [-0.15, -0.1) is 0 Å². The lowest BCUT2D eigenvalue weighted by atomic mass is 10.1. The number of nitrogens with zero attached hydrogens (tertiary/aromatic N) is 2. The molecule has 2 aromatic rings. The maximum absolute atomic E-state index is 12.9. The van der Waals surface area contributed by atoms with Crippen LogP contribution in [0.1, 0.15) is 104 Å². The molecule has 2 rings (SSSR count). The average molecular weight is 537 g/mol. The van der Waals surface area contributed by atoms with E-state index in [0.717, 1.165) is 0 Å². The van der Waals surface area contributed by atoms with Crippen molar-refractivity contribution in [1.29, 1.82) is 0 Å². The Morgan fingerprint density at radius 2 is 0.846 bits per heavy atom. The van der Waals surface area contributed by atoms with Crippen LogP contribution in [0, 0.1) is 0 Å². The van der Waals surface area contributed by atoms with Crippen LogP contribution < -0.4 is 10.6 Å². The van der Waals surface area contributed by atoms with Crippen molar-refractivity contribution in [1.82, 2.24) is 20.4 Å². The Morgan fingerprint density at radius 3 is 1.18 bits per heavy atom. The van der Waals surface area contributed by atoms with Crippen LogP contribution in [0.3, 0.4) is 0 Å². The van der Waals surface area contributed by atoms with E-state index in [1.165, 1.54) is 0 Å². The summed E-state index contributed by atoms with van der Waals surface area (Å²) in [7, 11) is 0. The third-order valence-corrected chi connectivity index (χ3v) is 6.43. The van der Waals surface area contributed by atoms with Crippen LogP contribution in [0.15, 0.2) is 48.5 Å². The second-order valence-corrected chi connectivity index (χ2v) is 11.0. The number of benzene rings is 2. The van der Waals surface area contributed by atoms with E-state index >= 15 is 0 Å². The van der Waals surface area contributed by atoms with Crippen LogP contribution >= 0.6 is 0 Å². The summed E-state index contributed by atoms with van der Waals surface area (Å²) in [5.74, 6) is -0.721. The molecule has 0 spiro atoms. The molecular formula is C31H44N4O4. The number of hydrogen-bond acceptors (Lipinski definition) is 4. The highest BCUT2D eigenvalue weighted by Crippen LogP contribution is 2.15. The van der Waals surface area contributed by atoms with Crippen LogP contribution in [-0.4, -0.2) is 70.2 Å². The fourth-order valence-electron chi connectivity index (χ4n) is 4.66. The quantitative estimate of drug-likeness (QED) is 0.433. The Hall–Kier alpha value is -3.68. The lowest BCUT2D eigenvalue weighted by Gasteiger charge is -2.30. The van der Waals surface area contributed by atoms with Gasteiger partial charge in [0.1, 0.15) is 0 Å². The molecule has 4 amide bonds. The SMILES string of the molecule is CC(CNC(=O)c1ccc(C(=O)N(C(C)C)C(C)C)cc1)NC(=O)c1ccc(C(=O)N(C(C)C)C(C)C)cc1. The fourth-order valence-corrected chi connectivity index (χ4v) is 4.66. The number of carbonyl (C=O) groups excluding carboxylic acids is 4. The van der Waals surface area contributed by atoms with Crippen molar-refractivity contribution in [2.45, 2.75) is 92.5 Å². The fraction of sp³-hybridized carbons (Fsp3) is 0.484. The van der Waals surface area contributed by atoms with Gasteiger partial charge >= 0.3 is 0 Å². The predicted molar refractivity (Wildman–Crippen MR) is 155 cm³/mol. The summed E-state index contributed by atoms with van der Waals surface area (Å²) in [5, 5.41) is 5.69. The van der Waals surface area contributed by atoms with Crippen molar-refractivity contribution in [3.8, 4) is 0 Å². The third-order valence-electron chi connectivity index (χ3n) is 6.43. The highest BCUT2D eigenvalue weighted by atomic mass is 16.2. The first-order valence-corrected chi connectivity index (χ1v) is 13.7. The summed E-state index contributed by atoms with van der Waals surface area (Å²) in [6.45, 7) is 17.8. The van der Waals surface area contributed by atoms with Crippen molar-refractivity contribution < 1.29 is 19.2 Å². The molecule has 0 aliphatic rings. The van der Waals surface area contributed by atoms with Gasteiger partial charge in [0.25, 0.3) is 23.6 Å². The maximum atomic E-state index is 12.9. The second-order valence-electron chi connectivity index (χ2n) is 11.0. The molecule has 8 heteroatoms. The first-order chi connectivity index (χ1) is 18.2. The summed E-state index contributed by atoms with van der Waals surface area (Å²) in [5.41, 5.74) is 1.93. The molecule has 0 aliphatic heterocycles. The Kier molecular flexibility index (Phi) is 11.3. The molecule has 0 saturated carbocycles. The summed E-state index contributed by atoms with van der Waals surface area (Å²) in [6.07, 6.45) is 0. The minimum atomic E-state index is -0.327. The zero-order valence-corrected chi connectivity index (χ0v) is 24.7. The van der Waals surface area contributed by atoms with Gasteiger partial charge in [0.15, 0.2) is 0 Å². The highest BCUT2D eigenvalue weighted by Gasteiger charge is 2.23. The molecule has 212 valence electrons. The predicted octanol–water partition coefficient (Wildman–Crippen LogP) is 4.75. The topological polar surface area (TPSA) is 98.8 Å². The average Bonchev–Trinajstić information content (AvgIpc) is 2.86. The van der Waals surface area contributed by atoms with Crippen LogP contribution in [0.2, 0.25) is 0 Å². The minimum Gasteiger partial charge on any atom is -0.350 e. The molecule has 0 aliphatic carbocycles. The molecule has 0 saturated heterocycles. The minimum absolute atomic E-state index is 0.0667. The van der Waals surface area contributed by atoms with E-state index in [1.54, 1.807) is 65.3 Å². The zero-order chi connectivity index (χ0) is 29.4. The van der Waals surface area contributed by atoms with Gasteiger partial charge in [-0.3, -0.25) is 19.2 Å². The molecule has 2 aromatic carbocycles. The molecule has 0 fully saturated rings. The summed E-state index contributed by atoms with van der Waals surface area (Å²) < 4.78 is 0. The Bertz CT molecular complexity index is 1120. The van der Waals surface area contributed by atoms with E-state index in [0.29, 0.717) is 22.3 Å². The molecule has 1 atom stereocenters. The lowest BCUT2D eigenvalue weighted by Crippen LogP contribution is -2.42. The molecular weight excluding hydrogens is 492 g/mol. The van der Waals surface area contributed by atoms with Crippen LogP contribution in [0.25, 0.3) is 0 Å². The van der Waals surface area contributed by atoms with Crippen molar-refractivity contribution in [3.63, 3.8) is 0 Å². The molecule has 0 heterocycles. The van der Waals surface area contributed by atoms with Gasteiger partial charge in [-0.1, -0.05) is 0 Å². The van der Waals surface area contributed by atoms with E-state index < -0.39 is 0 Å². The largest absolute Gasteiger partial charge is 0.350 e. The van der Waals surface area contributed by atoms with E-state index in [9.17, 15) is 19.2 Å². The van der Waals surface area contributed by atoms with Crippen molar-refractivity contribution in [3.05, 3.63) is 70.8 Å². The normalized spacial score (nSPS) is 12.0. The Morgan fingerprint density at radius 1 is 0.538 bits per heavy atom. The smallest absolute Gasteiger partial charge is 0.254 e. The standard InChI is InChI=1S/C31H44N4O4/c1-19(2)34(20(3)4)30(38)26-14-10-24(11-15-26)28(36)32-18-23(9)33-29(37)25-12-16-27(17-13-25)31(39)35(21(5)6)22(7)8/h10-17,19-23H,18H2,1-9H3,(H,32,36)(H,33,37). The maximum Gasteiger partial charge on any atom is 0.254 e. The van der Waals surface area contributed by atoms with E-state index in [4.69, 9.17) is 0 Å². The highest BCUT2D eigenvalue weighted by molar-refractivity contribution is 5.99. The summed E-state index contributed by atoms with van der Waals surface area (Å²) >= 11 is 0. The molecule has 8 nitrogen and oxygen atoms in total. The third kappa shape index (κ3) is 8.40. The molecule has 0 aromatic heterocycles. The first kappa shape index (κ1) is 31.5.